The van der Waals surface area contributed by atoms with E-state index in [-0.39, 0.29) is 21.8 Å². The third-order valence-corrected chi connectivity index (χ3v) is 12.0. The Morgan fingerprint density at radius 2 is 0.677 bits per heavy atom. The molecule has 0 heterocycles. The lowest BCUT2D eigenvalue weighted by atomic mass is 10.1. The van der Waals surface area contributed by atoms with Crippen LogP contribution in [-0.2, 0) is 42.0 Å². The average Bonchev–Trinajstić information content (AvgIpc) is 3.21. The topological polar surface area (TPSA) is 121 Å². The fraction of sp³-hybridized carbons (Fsp3) is 0.136. The molecule has 0 spiro atoms. The fourth-order valence-electron chi connectivity index (χ4n) is 5.46. The molecule has 0 radical (unpaired) electrons. The number of rotatable bonds is 10. The molecule has 0 unspecified atom stereocenters. The number of halogens is 6. The van der Waals surface area contributed by atoms with Gasteiger partial charge in [0.1, 0.15) is 25.0 Å². The molecule has 328 valence electrons. The van der Waals surface area contributed by atoms with Crippen LogP contribution in [0.2, 0.25) is 0 Å². The predicted molar refractivity (Wildman–Crippen MR) is 238 cm³/mol. The molecule has 0 bridgehead atoms. The van der Waals surface area contributed by atoms with Gasteiger partial charge in [-0.3, -0.25) is 0 Å². The maximum Gasteiger partial charge on any atom is 0.485 e. The first-order valence-electron chi connectivity index (χ1n) is 17.9. The zero-order valence-corrected chi connectivity index (χ0v) is 36.7. The summed E-state index contributed by atoms with van der Waals surface area (Å²) in [5.74, 6) is 0. The van der Waals surface area contributed by atoms with Crippen molar-refractivity contribution in [1.29, 1.82) is 0 Å². The summed E-state index contributed by atoms with van der Waals surface area (Å²) in [4.78, 5) is 7.39. The second-order valence-corrected chi connectivity index (χ2v) is 20.2. The number of para-hydroxylation sites is 2. The summed E-state index contributed by atoms with van der Waals surface area (Å²) in [5.41, 5.74) is -2.04. The number of nitrogens with zero attached hydrogens (tertiary/aromatic N) is 2. The van der Waals surface area contributed by atoms with Gasteiger partial charge in [0, 0.05) is 56.7 Å². The summed E-state index contributed by atoms with van der Waals surface area (Å²) in [6.07, 6.45) is 13.5. The van der Waals surface area contributed by atoms with Crippen LogP contribution >= 0.6 is 0 Å². The molecule has 6 aromatic carbocycles. The van der Waals surface area contributed by atoms with Gasteiger partial charge in [-0.05, 0) is 83.9 Å². The van der Waals surface area contributed by atoms with E-state index in [1.165, 1.54) is 21.2 Å². The van der Waals surface area contributed by atoms with Crippen molar-refractivity contribution >= 4 is 88.3 Å². The summed E-state index contributed by atoms with van der Waals surface area (Å²) in [7, 11) is -11.8. The summed E-state index contributed by atoms with van der Waals surface area (Å²) >= 11 is 0. The summed E-state index contributed by atoms with van der Waals surface area (Å²) < 4.78 is 118. The lowest BCUT2D eigenvalue weighted by molar-refractivity contribution is -0.0522. The molecule has 6 rings (SSSR count). The Bertz CT molecular complexity index is 2430. The monoisotopic (exact) mass is 934 g/mol. The van der Waals surface area contributed by atoms with Gasteiger partial charge in [0.05, 0.1) is 11.4 Å². The molecule has 0 saturated heterocycles. The van der Waals surface area contributed by atoms with Gasteiger partial charge >= 0.3 is 11.0 Å². The number of alkyl halides is 6. The van der Waals surface area contributed by atoms with E-state index < -0.39 is 31.3 Å². The van der Waals surface area contributed by atoms with Crippen molar-refractivity contribution in [2.75, 3.05) is 34.8 Å². The largest absolute Gasteiger partial charge is 0.741 e. The van der Waals surface area contributed by atoms with E-state index >= 15 is 0 Å². The molecular weight excluding hydrogens is 895 g/mol. The minimum Gasteiger partial charge on any atom is -0.741 e. The van der Waals surface area contributed by atoms with Crippen molar-refractivity contribution in [3.63, 3.8) is 0 Å². The van der Waals surface area contributed by atoms with Gasteiger partial charge in [-0.2, -0.15) is 26.3 Å². The van der Waals surface area contributed by atoms with E-state index in [0.29, 0.717) is 0 Å². The van der Waals surface area contributed by atoms with E-state index in [1.54, 1.807) is 0 Å². The molecule has 0 aromatic heterocycles. The van der Waals surface area contributed by atoms with Crippen LogP contribution in [0.4, 0.5) is 60.5 Å². The summed E-state index contributed by atoms with van der Waals surface area (Å²) in [6.45, 7) is 0. The highest BCUT2D eigenvalue weighted by Gasteiger charge is 2.37. The highest BCUT2D eigenvalue weighted by Crippen LogP contribution is 2.37. The summed E-state index contributed by atoms with van der Waals surface area (Å²) in [6, 6.07) is 56.6. The molecule has 0 aliphatic heterocycles. The van der Waals surface area contributed by atoms with Crippen LogP contribution in [0.3, 0.4) is 0 Å². The molecular formula is C44H40F6N2O6S4. The van der Waals surface area contributed by atoms with E-state index in [4.69, 9.17) is 25.9 Å². The van der Waals surface area contributed by atoms with Crippen LogP contribution in [0.15, 0.2) is 168 Å². The van der Waals surface area contributed by atoms with Crippen LogP contribution in [0, 0.1) is 0 Å². The molecule has 6 aromatic rings. The molecule has 0 aliphatic carbocycles. The molecule has 0 amide bonds. The Labute approximate surface area is 363 Å². The Kier molecular flexibility index (Phi) is 16.9. The zero-order chi connectivity index (χ0) is 45.9. The SMILES string of the molecule is C[S+](C)c1cccc(N(c2ccccc2)c2ccc(/C=C/c3ccc(N(c4ccccc4)c4cccc([S+](C)C)c4)cc3)cc2)c1.O=S(=O)([O-])C(F)(F)F.O=S(=O)([O-])C(F)(F)F. The van der Waals surface area contributed by atoms with Crippen molar-refractivity contribution in [2.24, 2.45) is 0 Å². The average molecular weight is 935 g/mol. The quantitative estimate of drug-likeness (QED) is 0.0438. The van der Waals surface area contributed by atoms with Crippen molar-refractivity contribution < 1.29 is 52.3 Å². The Morgan fingerprint density at radius 1 is 0.419 bits per heavy atom. The van der Waals surface area contributed by atoms with E-state index in [1.807, 2.05) is 0 Å². The first-order valence-corrected chi connectivity index (χ1v) is 24.8. The number of benzene rings is 6. The smallest absolute Gasteiger partial charge is 0.485 e. The van der Waals surface area contributed by atoms with E-state index in [9.17, 15) is 26.3 Å². The van der Waals surface area contributed by atoms with Gasteiger partial charge < -0.3 is 18.9 Å². The highest BCUT2D eigenvalue weighted by atomic mass is 32.2. The highest BCUT2D eigenvalue weighted by molar-refractivity contribution is 7.95. The molecule has 62 heavy (non-hydrogen) atoms. The van der Waals surface area contributed by atoms with Gasteiger partial charge in [-0.1, -0.05) is 84.9 Å². The predicted octanol–water partition coefficient (Wildman–Crippen LogP) is 11.4. The van der Waals surface area contributed by atoms with Crippen molar-refractivity contribution in [1.82, 2.24) is 0 Å². The molecule has 0 saturated carbocycles. The third kappa shape index (κ3) is 14.1. The first kappa shape index (κ1) is 49.4. The number of hydrogen-bond donors (Lipinski definition) is 0. The normalized spacial score (nSPS) is 12.0. The summed E-state index contributed by atoms with van der Waals surface area (Å²) in [5, 5.41) is 0. The van der Waals surface area contributed by atoms with Crippen molar-refractivity contribution in [2.45, 2.75) is 20.8 Å². The lowest BCUT2D eigenvalue weighted by Gasteiger charge is -2.25. The first-order chi connectivity index (χ1) is 29.0. The maximum atomic E-state index is 10.7. The van der Waals surface area contributed by atoms with Crippen LogP contribution in [0.25, 0.3) is 12.2 Å². The number of hydrogen-bond acceptors (Lipinski definition) is 8. The van der Waals surface area contributed by atoms with Gasteiger partial charge in [0.2, 0.25) is 0 Å². The molecule has 18 heteroatoms. The lowest BCUT2D eigenvalue weighted by Crippen LogP contribution is -2.21. The fourth-order valence-corrected chi connectivity index (χ4v) is 6.88. The molecule has 0 fully saturated rings. The van der Waals surface area contributed by atoms with Gasteiger partial charge in [0.15, 0.2) is 30.0 Å². The Morgan fingerprint density at radius 3 is 0.935 bits per heavy atom. The Hall–Kier alpha value is -5.24. The molecule has 0 N–H and O–H groups in total. The second-order valence-electron chi connectivity index (χ2n) is 13.3. The van der Waals surface area contributed by atoms with Crippen LogP contribution < -0.4 is 9.80 Å². The van der Waals surface area contributed by atoms with Crippen molar-refractivity contribution in [3.8, 4) is 0 Å². The molecule has 8 nitrogen and oxygen atoms in total. The van der Waals surface area contributed by atoms with Crippen molar-refractivity contribution in [3.05, 3.63) is 169 Å². The number of anilines is 6. The third-order valence-electron chi connectivity index (χ3n) is 8.46. The zero-order valence-electron chi connectivity index (χ0n) is 33.4. The second kappa shape index (κ2) is 21.2. The van der Waals surface area contributed by atoms with Gasteiger partial charge in [0.25, 0.3) is 0 Å². The van der Waals surface area contributed by atoms with Crippen LogP contribution in [-0.4, -0.2) is 62.0 Å². The van der Waals surface area contributed by atoms with E-state index in [0.717, 1.165) is 33.9 Å². The maximum absolute atomic E-state index is 10.7. The minimum absolute atomic E-state index is 0.192. The standard InChI is InChI=1S/C42H40N2S2.2CHF3O3S/c1-45(2)41-19-11-17-39(31-41)43(35-13-7-5-8-14-35)37-27-23-33(24-28-37)21-22-34-25-29-38(30-26-34)44(36-15-9-6-10-16-36)40-18-12-20-42(32-40)46(3)4;2*2-1(3,4)8(5,6)7/h5-32H,1-4H3;2*(H,5,6,7)/q+2;;/p-2/b22-21+;;. The molecule has 0 atom stereocenters. The van der Waals surface area contributed by atoms with Crippen LogP contribution in [0.5, 0.6) is 0 Å². The Balaban J connectivity index is 0.000000448. The van der Waals surface area contributed by atoms with Gasteiger partial charge in [-0.15, -0.1) is 0 Å². The van der Waals surface area contributed by atoms with E-state index in [2.05, 4.69) is 205 Å². The minimum atomic E-state index is -6.09. The molecule has 0 aliphatic rings. The van der Waals surface area contributed by atoms with Crippen LogP contribution in [0.1, 0.15) is 11.1 Å². The van der Waals surface area contributed by atoms with Gasteiger partial charge in [-0.25, -0.2) is 16.8 Å².